The first kappa shape index (κ1) is 28.6. The molecular weight excluding hydrogens is 560 g/mol. The lowest BCUT2D eigenvalue weighted by molar-refractivity contribution is 1.06. The van der Waals surface area contributed by atoms with Crippen LogP contribution in [0.1, 0.15) is 6.92 Å². The Morgan fingerprint density at radius 2 is 0.935 bits per heavy atom. The number of nitrogens with zero attached hydrogens (tertiary/aromatic N) is 4. The topological polar surface area (TPSA) is 43.6 Å². The van der Waals surface area contributed by atoms with Crippen molar-refractivity contribution < 1.29 is 0 Å². The lowest BCUT2D eigenvalue weighted by Gasteiger charge is -2.14. The lowest BCUT2D eigenvalue weighted by Crippen LogP contribution is -2.03. The average molecular weight is 593 g/mol. The number of fused-ring (bicyclic) bond motifs is 3. The van der Waals surface area contributed by atoms with Crippen LogP contribution in [0.2, 0.25) is 0 Å². The first-order chi connectivity index (χ1) is 22.7. The summed E-state index contributed by atoms with van der Waals surface area (Å²) in [4.78, 5) is 15.0. The van der Waals surface area contributed by atoms with Gasteiger partial charge in [-0.2, -0.15) is 0 Å². The van der Waals surface area contributed by atoms with Crippen molar-refractivity contribution in [3.63, 3.8) is 0 Å². The Kier molecular flexibility index (Phi) is 8.00. The zero-order valence-electron chi connectivity index (χ0n) is 25.6. The van der Waals surface area contributed by atoms with Gasteiger partial charge in [0.15, 0.2) is 17.5 Å². The summed E-state index contributed by atoms with van der Waals surface area (Å²) in [5.41, 5.74) is 8.52. The summed E-state index contributed by atoms with van der Waals surface area (Å²) in [6, 6.07) is 54.5. The zero-order chi connectivity index (χ0) is 31.3. The number of hydrogen-bond donors (Lipinski definition) is 0. The van der Waals surface area contributed by atoms with E-state index < -0.39 is 0 Å². The van der Waals surface area contributed by atoms with Crippen LogP contribution in [0.25, 0.3) is 72.8 Å². The van der Waals surface area contributed by atoms with Crippen LogP contribution < -0.4 is 0 Å². The molecule has 0 aliphatic heterocycles. The van der Waals surface area contributed by atoms with Crippen molar-refractivity contribution in [3.8, 4) is 51.0 Å². The SMILES string of the molecule is C=CC.c1ccc(-c2ccc3c(c2)c2ccccc2n3-c2ccccc2-c2nc(-c3ccccc3)nc(-c3ccccc3)n2)cc1. The summed E-state index contributed by atoms with van der Waals surface area (Å²) in [6.07, 6.45) is 1.75. The number of benzene rings is 6. The third-order valence-electron chi connectivity index (χ3n) is 7.86. The highest BCUT2D eigenvalue weighted by Gasteiger charge is 2.19. The minimum Gasteiger partial charge on any atom is -0.309 e. The number of aromatic nitrogens is 4. The van der Waals surface area contributed by atoms with Crippen LogP contribution in [0.3, 0.4) is 0 Å². The molecule has 46 heavy (non-hydrogen) atoms. The minimum absolute atomic E-state index is 0.634. The predicted octanol–water partition coefficient (Wildman–Crippen LogP) is 10.8. The molecule has 0 radical (unpaired) electrons. The maximum atomic E-state index is 5.05. The molecule has 4 nitrogen and oxygen atoms in total. The Labute approximate surface area is 269 Å². The normalized spacial score (nSPS) is 10.8. The molecule has 0 saturated carbocycles. The van der Waals surface area contributed by atoms with E-state index in [-0.39, 0.29) is 0 Å². The van der Waals surface area contributed by atoms with Gasteiger partial charge in [0.25, 0.3) is 0 Å². The van der Waals surface area contributed by atoms with E-state index >= 15 is 0 Å². The number of rotatable bonds is 5. The second kappa shape index (κ2) is 12.8. The fourth-order valence-corrected chi connectivity index (χ4v) is 5.83. The maximum absolute atomic E-state index is 5.05. The van der Waals surface area contributed by atoms with Crippen molar-refractivity contribution in [1.82, 2.24) is 19.5 Å². The molecule has 6 aromatic carbocycles. The third kappa shape index (κ3) is 5.49. The molecule has 4 heteroatoms. The van der Waals surface area contributed by atoms with Gasteiger partial charge in [-0.05, 0) is 48.4 Å². The van der Waals surface area contributed by atoms with Crippen LogP contribution in [0.15, 0.2) is 170 Å². The first-order valence-corrected chi connectivity index (χ1v) is 15.4. The van der Waals surface area contributed by atoms with Gasteiger partial charge in [-0.3, -0.25) is 0 Å². The molecule has 0 amide bonds. The fraction of sp³-hybridized carbons (Fsp3) is 0.0238. The largest absolute Gasteiger partial charge is 0.309 e. The van der Waals surface area contributed by atoms with Crippen LogP contribution in [-0.4, -0.2) is 19.5 Å². The van der Waals surface area contributed by atoms with Gasteiger partial charge in [0.2, 0.25) is 0 Å². The molecule has 220 valence electrons. The standard InChI is InChI=1S/C39H26N4.C3H6/c1-4-14-27(15-5-1)30-24-25-36-33(26-30)31-20-10-12-22-34(31)43(36)35-23-13-11-21-32(35)39-41-37(28-16-6-2-7-17-28)40-38(42-39)29-18-8-3-9-19-29;1-3-2/h1-26H;3H,1H2,2H3. The number of para-hydroxylation sites is 2. The smallest absolute Gasteiger partial charge is 0.166 e. The van der Waals surface area contributed by atoms with Gasteiger partial charge < -0.3 is 4.57 Å². The Bertz CT molecular complexity index is 2210. The average Bonchev–Trinajstić information content (AvgIpc) is 3.46. The van der Waals surface area contributed by atoms with Gasteiger partial charge in [0.1, 0.15) is 0 Å². The molecule has 0 N–H and O–H groups in total. The zero-order valence-corrected chi connectivity index (χ0v) is 25.6. The van der Waals surface area contributed by atoms with Crippen molar-refractivity contribution >= 4 is 21.8 Å². The van der Waals surface area contributed by atoms with Crippen molar-refractivity contribution in [3.05, 3.63) is 170 Å². The Hall–Kier alpha value is -6.13. The van der Waals surface area contributed by atoms with Crippen LogP contribution in [0, 0.1) is 0 Å². The molecule has 0 fully saturated rings. The van der Waals surface area contributed by atoms with Crippen LogP contribution in [0.4, 0.5) is 0 Å². The highest BCUT2D eigenvalue weighted by Crippen LogP contribution is 2.37. The molecule has 2 aromatic heterocycles. The first-order valence-electron chi connectivity index (χ1n) is 15.4. The van der Waals surface area contributed by atoms with Gasteiger partial charge in [0, 0.05) is 27.5 Å². The summed E-state index contributed by atoms with van der Waals surface area (Å²) in [7, 11) is 0. The van der Waals surface area contributed by atoms with Crippen molar-refractivity contribution in [2.45, 2.75) is 6.92 Å². The molecule has 8 rings (SSSR count). The molecule has 0 bridgehead atoms. The quantitative estimate of drug-likeness (QED) is 0.187. The van der Waals surface area contributed by atoms with E-state index in [1.807, 2.05) is 73.7 Å². The molecule has 2 heterocycles. The third-order valence-corrected chi connectivity index (χ3v) is 7.86. The van der Waals surface area contributed by atoms with Gasteiger partial charge >= 0.3 is 0 Å². The van der Waals surface area contributed by atoms with Crippen LogP contribution >= 0.6 is 0 Å². The Balaban J connectivity index is 0.00000109. The molecule has 0 saturated heterocycles. The van der Waals surface area contributed by atoms with Crippen molar-refractivity contribution in [2.24, 2.45) is 0 Å². The minimum atomic E-state index is 0.634. The van der Waals surface area contributed by atoms with Crippen LogP contribution in [-0.2, 0) is 0 Å². The van der Waals surface area contributed by atoms with Crippen molar-refractivity contribution in [2.75, 3.05) is 0 Å². The van der Waals surface area contributed by atoms with Gasteiger partial charge in [-0.15, -0.1) is 6.58 Å². The molecule has 0 spiro atoms. The molecule has 8 aromatic rings. The van der Waals surface area contributed by atoms with E-state index in [1.54, 1.807) is 6.08 Å². The predicted molar refractivity (Wildman–Crippen MR) is 192 cm³/mol. The van der Waals surface area contributed by atoms with E-state index in [2.05, 4.69) is 102 Å². The van der Waals surface area contributed by atoms with E-state index in [4.69, 9.17) is 15.0 Å². The maximum Gasteiger partial charge on any atom is 0.166 e. The summed E-state index contributed by atoms with van der Waals surface area (Å²) >= 11 is 0. The van der Waals surface area contributed by atoms with Gasteiger partial charge in [-0.25, -0.2) is 15.0 Å². The Morgan fingerprint density at radius 1 is 0.457 bits per heavy atom. The summed E-state index contributed by atoms with van der Waals surface area (Å²) in [6.45, 7) is 5.25. The fourth-order valence-electron chi connectivity index (χ4n) is 5.83. The van der Waals surface area contributed by atoms with E-state index in [9.17, 15) is 0 Å². The Morgan fingerprint density at radius 3 is 1.57 bits per heavy atom. The second-order valence-corrected chi connectivity index (χ2v) is 10.9. The molecule has 0 aliphatic rings. The highest BCUT2D eigenvalue weighted by atomic mass is 15.1. The second-order valence-electron chi connectivity index (χ2n) is 10.9. The molecular formula is C42H32N4. The number of hydrogen-bond acceptors (Lipinski definition) is 3. The monoisotopic (exact) mass is 592 g/mol. The molecule has 0 unspecified atom stereocenters. The van der Waals surface area contributed by atoms with Gasteiger partial charge in [0.05, 0.1) is 16.7 Å². The van der Waals surface area contributed by atoms with Crippen molar-refractivity contribution in [1.29, 1.82) is 0 Å². The van der Waals surface area contributed by atoms with Crippen LogP contribution in [0.5, 0.6) is 0 Å². The summed E-state index contributed by atoms with van der Waals surface area (Å²) in [5.74, 6) is 1.93. The summed E-state index contributed by atoms with van der Waals surface area (Å²) in [5, 5.41) is 2.41. The summed E-state index contributed by atoms with van der Waals surface area (Å²) < 4.78 is 2.34. The number of allylic oxidation sites excluding steroid dienone is 1. The van der Waals surface area contributed by atoms with E-state index in [0.29, 0.717) is 17.5 Å². The highest BCUT2D eigenvalue weighted by molar-refractivity contribution is 6.11. The lowest BCUT2D eigenvalue weighted by atomic mass is 10.0. The molecule has 0 aliphatic carbocycles. The van der Waals surface area contributed by atoms with Gasteiger partial charge in [-0.1, -0.05) is 133 Å². The molecule has 0 atom stereocenters. The van der Waals surface area contributed by atoms with E-state index in [1.165, 1.54) is 21.9 Å². The van der Waals surface area contributed by atoms with E-state index in [0.717, 1.165) is 33.4 Å².